The lowest BCUT2D eigenvalue weighted by molar-refractivity contribution is -0.274. The first-order chi connectivity index (χ1) is 7.33. The number of halogens is 3. The standard InChI is InChI=1S/C11H13F3O2/c1-7-5-9(16-11(12,13)14)6-8(2)10(7)3-4-15/h5-6,15H,3-4H2,1-2H3. The zero-order valence-corrected chi connectivity index (χ0v) is 9.06. The van der Waals surface area contributed by atoms with Gasteiger partial charge in [0.2, 0.25) is 0 Å². The topological polar surface area (TPSA) is 29.5 Å². The monoisotopic (exact) mass is 234 g/mol. The third kappa shape index (κ3) is 3.41. The molecule has 0 amide bonds. The van der Waals surface area contributed by atoms with Gasteiger partial charge < -0.3 is 9.84 Å². The Bertz CT molecular complexity index is 349. The Kier molecular flexibility index (Phi) is 3.80. The van der Waals surface area contributed by atoms with Gasteiger partial charge in [-0.15, -0.1) is 13.2 Å². The van der Waals surface area contributed by atoms with Crippen molar-refractivity contribution in [2.24, 2.45) is 0 Å². The highest BCUT2D eigenvalue weighted by Crippen LogP contribution is 2.27. The van der Waals surface area contributed by atoms with Crippen LogP contribution in [0.3, 0.4) is 0 Å². The fourth-order valence-corrected chi connectivity index (χ4v) is 1.65. The lowest BCUT2D eigenvalue weighted by Crippen LogP contribution is -2.17. The smallest absolute Gasteiger partial charge is 0.406 e. The van der Waals surface area contributed by atoms with Crippen molar-refractivity contribution >= 4 is 0 Å². The van der Waals surface area contributed by atoms with Gasteiger partial charge in [0.1, 0.15) is 5.75 Å². The van der Waals surface area contributed by atoms with Crippen molar-refractivity contribution < 1.29 is 23.0 Å². The van der Waals surface area contributed by atoms with E-state index in [1.54, 1.807) is 13.8 Å². The highest BCUT2D eigenvalue weighted by Gasteiger charge is 2.31. The molecule has 0 unspecified atom stereocenters. The third-order valence-corrected chi connectivity index (χ3v) is 2.26. The summed E-state index contributed by atoms with van der Waals surface area (Å²) in [7, 11) is 0. The van der Waals surface area contributed by atoms with E-state index in [2.05, 4.69) is 4.74 Å². The van der Waals surface area contributed by atoms with E-state index >= 15 is 0 Å². The van der Waals surface area contributed by atoms with Gasteiger partial charge in [0.15, 0.2) is 0 Å². The molecule has 0 bridgehead atoms. The first kappa shape index (κ1) is 12.8. The summed E-state index contributed by atoms with van der Waals surface area (Å²) in [6.45, 7) is 3.36. The van der Waals surface area contributed by atoms with Gasteiger partial charge in [-0.05, 0) is 49.1 Å². The van der Waals surface area contributed by atoms with Crippen LogP contribution in [0, 0.1) is 13.8 Å². The highest BCUT2D eigenvalue weighted by molar-refractivity contribution is 5.41. The third-order valence-electron chi connectivity index (χ3n) is 2.26. The number of aryl methyl sites for hydroxylation is 2. The number of aliphatic hydroxyl groups excluding tert-OH is 1. The Balaban J connectivity index is 3.00. The van der Waals surface area contributed by atoms with Gasteiger partial charge >= 0.3 is 6.36 Å². The molecule has 5 heteroatoms. The second-order valence-corrected chi connectivity index (χ2v) is 3.56. The molecule has 1 rings (SSSR count). The molecule has 0 aromatic heterocycles. The van der Waals surface area contributed by atoms with Crippen LogP contribution in [-0.4, -0.2) is 18.1 Å². The molecule has 0 aliphatic heterocycles. The molecule has 0 fully saturated rings. The number of ether oxygens (including phenoxy) is 1. The molecule has 16 heavy (non-hydrogen) atoms. The summed E-state index contributed by atoms with van der Waals surface area (Å²) in [5.74, 6) is -0.218. The zero-order valence-electron chi connectivity index (χ0n) is 9.06. The Labute approximate surface area is 91.7 Å². The minimum Gasteiger partial charge on any atom is -0.406 e. The van der Waals surface area contributed by atoms with Crippen LogP contribution >= 0.6 is 0 Å². The average molecular weight is 234 g/mol. The van der Waals surface area contributed by atoms with E-state index in [1.165, 1.54) is 12.1 Å². The summed E-state index contributed by atoms with van der Waals surface area (Å²) in [6.07, 6.45) is -4.23. The molecule has 1 N–H and O–H groups in total. The van der Waals surface area contributed by atoms with Crippen LogP contribution in [0.25, 0.3) is 0 Å². The van der Waals surface area contributed by atoms with Crippen molar-refractivity contribution in [2.45, 2.75) is 26.6 Å². The van der Waals surface area contributed by atoms with E-state index in [-0.39, 0.29) is 12.4 Å². The Hall–Kier alpha value is -1.23. The highest BCUT2D eigenvalue weighted by atomic mass is 19.4. The van der Waals surface area contributed by atoms with Gasteiger partial charge in [0.05, 0.1) is 0 Å². The normalized spacial score (nSPS) is 11.6. The zero-order chi connectivity index (χ0) is 12.3. The number of rotatable bonds is 3. The van der Waals surface area contributed by atoms with E-state index in [9.17, 15) is 13.2 Å². The molecule has 1 aromatic carbocycles. The quantitative estimate of drug-likeness (QED) is 0.871. The van der Waals surface area contributed by atoms with Gasteiger partial charge in [0, 0.05) is 6.61 Å². The molecule has 0 aliphatic carbocycles. The van der Waals surface area contributed by atoms with Gasteiger partial charge in [-0.2, -0.15) is 0 Å². The Morgan fingerprint density at radius 3 is 2.06 bits per heavy atom. The fraction of sp³-hybridized carbons (Fsp3) is 0.455. The summed E-state index contributed by atoms with van der Waals surface area (Å²) in [4.78, 5) is 0. The summed E-state index contributed by atoms with van der Waals surface area (Å²) < 4.78 is 39.8. The molecular formula is C11H13F3O2. The van der Waals surface area contributed by atoms with Crippen molar-refractivity contribution in [3.8, 4) is 5.75 Å². The van der Waals surface area contributed by atoms with Gasteiger partial charge in [0.25, 0.3) is 0 Å². The minimum atomic E-state index is -4.67. The molecule has 0 saturated carbocycles. The number of benzene rings is 1. The lowest BCUT2D eigenvalue weighted by Gasteiger charge is -2.13. The van der Waals surface area contributed by atoms with Crippen molar-refractivity contribution in [1.82, 2.24) is 0 Å². The predicted molar refractivity (Wildman–Crippen MR) is 53.4 cm³/mol. The summed E-state index contributed by atoms with van der Waals surface area (Å²) in [5, 5.41) is 8.81. The Morgan fingerprint density at radius 2 is 1.69 bits per heavy atom. The summed E-state index contributed by atoms with van der Waals surface area (Å²) in [6, 6.07) is 2.65. The van der Waals surface area contributed by atoms with Gasteiger partial charge in [-0.3, -0.25) is 0 Å². The van der Waals surface area contributed by atoms with E-state index in [1.807, 2.05) is 0 Å². The van der Waals surface area contributed by atoms with E-state index in [4.69, 9.17) is 5.11 Å². The van der Waals surface area contributed by atoms with Crippen molar-refractivity contribution in [2.75, 3.05) is 6.61 Å². The van der Waals surface area contributed by atoms with Gasteiger partial charge in [-0.1, -0.05) is 0 Å². The molecule has 0 radical (unpaired) electrons. The van der Waals surface area contributed by atoms with Crippen molar-refractivity contribution in [1.29, 1.82) is 0 Å². The second-order valence-electron chi connectivity index (χ2n) is 3.56. The summed E-state index contributed by atoms with van der Waals surface area (Å²) >= 11 is 0. The molecule has 0 atom stereocenters. The molecular weight excluding hydrogens is 221 g/mol. The van der Waals surface area contributed by atoms with Crippen LogP contribution < -0.4 is 4.74 Å². The maximum absolute atomic E-state index is 12.0. The van der Waals surface area contributed by atoms with E-state index in [0.717, 1.165) is 5.56 Å². The molecule has 2 nitrogen and oxygen atoms in total. The van der Waals surface area contributed by atoms with Crippen LogP contribution in [0.15, 0.2) is 12.1 Å². The average Bonchev–Trinajstić information content (AvgIpc) is 2.08. The predicted octanol–water partition coefficient (Wildman–Crippen LogP) is 2.74. The summed E-state index contributed by atoms with van der Waals surface area (Å²) in [5.41, 5.74) is 2.23. The largest absolute Gasteiger partial charge is 0.573 e. The molecule has 1 aromatic rings. The molecule has 0 heterocycles. The van der Waals surface area contributed by atoms with Crippen LogP contribution in [0.2, 0.25) is 0 Å². The van der Waals surface area contributed by atoms with Crippen LogP contribution in [-0.2, 0) is 6.42 Å². The lowest BCUT2D eigenvalue weighted by atomic mass is 10.00. The van der Waals surface area contributed by atoms with E-state index < -0.39 is 6.36 Å². The van der Waals surface area contributed by atoms with Crippen molar-refractivity contribution in [3.05, 3.63) is 28.8 Å². The number of hydrogen-bond donors (Lipinski definition) is 1. The first-order valence-corrected chi connectivity index (χ1v) is 4.80. The molecule has 90 valence electrons. The number of aliphatic hydroxyl groups is 1. The second kappa shape index (κ2) is 4.74. The van der Waals surface area contributed by atoms with Crippen LogP contribution in [0.1, 0.15) is 16.7 Å². The van der Waals surface area contributed by atoms with Crippen molar-refractivity contribution in [3.63, 3.8) is 0 Å². The minimum absolute atomic E-state index is 0.0266. The molecule has 0 aliphatic rings. The SMILES string of the molecule is Cc1cc(OC(F)(F)F)cc(C)c1CCO. The van der Waals surface area contributed by atoms with E-state index in [0.29, 0.717) is 17.5 Å². The fourth-order valence-electron chi connectivity index (χ4n) is 1.65. The number of hydrogen-bond acceptors (Lipinski definition) is 2. The number of alkyl halides is 3. The molecule has 0 saturated heterocycles. The van der Waals surface area contributed by atoms with Gasteiger partial charge in [-0.25, -0.2) is 0 Å². The molecule has 0 spiro atoms. The van der Waals surface area contributed by atoms with Crippen LogP contribution in [0.4, 0.5) is 13.2 Å². The first-order valence-electron chi connectivity index (χ1n) is 4.80. The maximum atomic E-state index is 12.0. The van der Waals surface area contributed by atoms with Crippen LogP contribution in [0.5, 0.6) is 5.75 Å². The Morgan fingerprint density at radius 1 is 1.19 bits per heavy atom. The maximum Gasteiger partial charge on any atom is 0.573 e.